The highest BCUT2D eigenvalue weighted by molar-refractivity contribution is 5.98. The van der Waals surface area contributed by atoms with E-state index >= 15 is 0 Å². The van der Waals surface area contributed by atoms with Gasteiger partial charge < -0.3 is 9.42 Å². The number of para-hydroxylation sites is 1. The van der Waals surface area contributed by atoms with Crippen molar-refractivity contribution in [2.24, 2.45) is 0 Å². The van der Waals surface area contributed by atoms with Crippen LogP contribution >= 0.6 is 0 Å². The number of aromatic nitrogens is 7. The van der Waals surface area contributed by atoms with Crippen LogP contribution in [0.5, 0.6) is 0 Å². The second kappa shape index (κ2) is 7.66. The quantitative estimate of drug-likeness (QED) is 0.454. The Bertz CT molecular complexity index is 1450. The van der Waals surface area contributed by atoms with Gasteiger partial charge in [0.15, 0.2) is 11.5 Å². The van der Waals surface area contributed by atoms with Crippen molar-refractivity contribution >= 4 is 16.8 Å². The molecule has 33 heavy (non-hydrogen) atoms. The number of rotatable bonds is 4. The van der Waals surface area contributed by atoms with Gasteiger partial charge in [-0.25, -0.2) is 0 Å². The lowest BCUT2D eigenvalue weighted by molar-refractivity contribution is 0.0728. The van der Waals surface area contributed by atoms with Gasteiger partial charge in [-0.15, -0.1) is 0 Å². The van der Waals surface area contributed by atoms with E-state index in [2.05, 4.69) is 30.5 Å². The summed E-state index contributed by atoms with van der Waals surface area (Å²) in [6.45, 7) is 2.57. The van der Waals surface area contributed by atoms with Gasteiger partial charge in [-0.3, -0.25) is 9.89 Å². The summed E-state index contributed by atoms with van der Waals surface area (Å²) >= 11 is 0. The molecule has 0 bridgehead atoms. The molecule has 1 saturated heterocycles. The first-order valence-electron chi connectivity index (χ1n) is 10.7. The van der Waals surface area contributed by atoms with Crippen LogP contribution in [0.15, 0.2) is 59.4 Å². The molecule has 164 valence electrons. The fourth-order valence-corrected chi connectivity index (χ4v) is 4.36. The number of H-pyrrole nitrogens is 1. The topological polar surface area (TPSA) is 119 Å². The highest BCUT2D eigenvalue weighted by Gasteiger charge is 2.35. The largest absolute Gasteiger partial charge is 0.332 e. The second-order valence-corrected chi connectivity index (χ2v) is 8.07. The Morgan fingerprint density at radius 1 is 1.15 bits per heavy atom. The third-order valence-electron chi connectivity index (χ3n) is 5.94. The van der Waals surface area contributed by atoms with E-state index in [0.717, 1.165) is 29.3 Å². The number of aryl methyl sites for hydroxylation is 1. The van der Waals surface area contributed by atoms with Gasteiger partial charge in [0.25, 0.3) is 11.8 Å². The molecule has 1 unspecified atom stereocenters. The minimum absolute atomic E-state index is 0.106. The summed E-state index contributed by atoms with van der Waals surface area (Å²) in [5, 5.41) is 20.8. The maximum atomic E-state index is 13.7. The van der Waals surface area contributed by atoms with Crippen molar-refractivity contribution in [3.05, 3.63) is 71.8 Å². The van der Waals surface area contributed by atoms with Gasteiger partial charge in [0, 0.05) is 11.9 Å². The van der Waals surface area contributed by atoms with Crippen LogP contribution in [0.3, 0.4) is 0 Å². The fraction of sp³-hybridized carbons (Fsp3) is 0.217. The predicted molar refractivity (Wildman–Crippen MR) is 118 cm³/mol. The number of benzene rings is 2. The predicted octanol–water partition coefficient (Wildman–Crippen LogP) is 3.48. The fourth-order valence-electron chi connectivity index (χ4n) is 4.36. The van der Waals surface area contributed by atoms with Crippen molar-refractivity contribution in [3.63, 3.8) is 0 Å². The van der Waals surface area contributed by atoms with E-state index in [1.54, 1.807) is 17.3 Å². The minimum Gasteiger partial charge on any atom is -0.332 e. The van der Waals surface area contributed by atoms with Gasteiger partial charge in [0.05, 0.1) is 35.2 Å². The standard InChI is InChI=1S/C23H20N8O2/c1-14-8-9-18(31-24-10-11-25-31)16(13-14)23(32)30-12-4-7-19(30)21-26-22(33-29-21)20-15-5-2-3-6-17(15)27-28-20/h2-3,5-6,8-11,13,19H,4,7,12H2,1H3,(H,27,28). The summed E-state index contributed by atoms with van der Waals surface area (Å²) in [6.07, 6.45) is 4.79. The van der Waals surface area contributed by atoms with Crippen molar-refractivity contribution in [1.29, 1.82) is 0 Å². The van der Waals surface area contributed by atoms with Crippen LogP contribution < -0.4 is 0 Å². The Labute approximate surface area is 188 Å². The number of carbonyl (C=O) groups excluding carboxylic acids is 1. The molecule has 6 rings (SSSR count). The van der Waals surface area contributed by atoms with E-state index in [0.29, 0.717) is 35.2 Å². The van der Waals surface area contributed by atoms with Gasteiger partial charge in [-0.2, -0.15) is 25.1 Å². The zero-order valence-electron chi connectivity index (χ0n) is 17.8. The summed E-state index contributed by atoms with van der Waals surface area (Å²) in [6, 6.07) is 13.2. The molecule has 0 radical (unpaired) electrons. The monoisotopic (exact) mass is 440 g/mol. The van der Waals surface area contributed by atoms with Crippen LogP contribution in [0.25, 0.3) is 28.2 Å². The summed E-state index contributed by atoms with van der Waals surface area (Å²) in [7, 11) is 0. The Kier molecular flexibility index (Phi) is 4.49. The van der Waals surface area contributed by atoms with Gasteiger partial charge in [-0.1, -0.05) is 35.0 Å². The number of amides is 1. The summed E-state index contributed by atoms with van der Waals surface area (Å²) < 4.78 is 5.56. The molecular formula is C23H20N8O2. The lowest BCUT2D eigenvalue weighted by atomic mass is 10.1. The number of hydrogen-bond acceptors (Lipinski definition) is 7. The van der Waals surface area contributed by atoms with E-state index in [-0.39, 0.29) is 11.9 Å². The third kappa shape index (κ3) is 3.27. The highest BCUT2D eigenvalue weighted by atomic mass is 16.5. The number of hydrogen-bond donors (Lipinski definition) is 1. The summed E-state index contributed by atoms with van der Waals surface area (Å²) in [5.41, 5.74) is 3.66. The summed E-state index contributed by atoms with van der Waals surface area (Å²) in [5.74, 6) is 0.707. The van der Waals surface area contributed by atoms with Gasteiger partial charge in [-0.05, 0) is 38.0 Å². The van der Waals surface area contributed by atoms with Crippen LogP contribution in [-0.2, 0) is 0 Å². The maximum Gasteiger partial charge on any atom is 0.279 e. The number of fused-ring (bicyclic) bond motifs is 1. The number of carbonyl (C=O) groups is 1. The minimum atomic E-state index is -0.279. The Morgan fingerprint density at radius 2 is 2.00 bits per heavy atom. The first-order valence-corrected chi connectivity index (χ1v) is 10.7. The SMILES string of the molecule is Cc1ccc(-n2nccn2)c(C(=O)N2CCCC2c2noc(-c3n[nH]c4ccccc34)n2)c1. The molecule has 4 heterocycles. The van der Waals surface area contributed by atoms with Crippen LogP contribution in [-0.4, -0.2) is 52.7 Å². The molecule has 1 fully saturated rings. The molecule has 1 amide bonds. The zero-order valence-corrected chi connectivity index (χ0v) is 17.8. The molecule has 2 aromatic carbocycles. The summed E-state index contributed by atoms with van der Waals surface area (Å²) in [4.78, 5) is 21.5. The molecule has 5 aromatic rings. The van der Waals surface area contributed by atoms with Crippen LogP contribution in [0.1, 0.15) is 40.6 Å². The van der Waals surface area contributed by atoms with Crippen LogP contribution in [0.4, 0.5) is 0 Å². The second-order valence-electron chi connectivity index (χ2n) is 8.07. The molecule has 1 N–H and O–H groups in total. The van der Waals surface area contributed by atoms with Crippen molar-refractivity contribution in [2.45, 2.75) is 25.8 Å². The first-order chi connectivity index (χ1) is 16.2. The lowest BCUT2D eigenvalue weighted by Crippen LogP contribution is -2.32. The first kappa shape index (κ1) is 19.4. The smallest absolute Gasteiger partial charge is 0.279 e. The van der Waals surface area contributed by atoms with Crippen molar-refractivity contribution in [3.8, 4) is 17.3 Å². The van der Waals surface area contributed by atoms with Gasteiger partial charge in [0.1, 0.15) is 0 Å². The average molecular weight is 440 g/mol. The number of likely N-dealkylation sites (tertiary alicyclic amines) is 1. The molecule has 3 aromatic heterocycles. The molecule has 0 saturated carbocycles. The number of aromatic amines is 1. The molecule has 0 spiro atoms. The van der Waals surface area contributed by atoms with Gasteiger partial charge >= 0.3 is 0 Å². The van der Waals surface area contributed by atoms with E-state index in [1.807, 2.05) is 49.4 Å². The van der Waals surface area contributed by atoms with E-state index < -0.39 is 0 Å². The molecule has 1 atom stereocenters. The molecule has 10 heteroatoms. The van der Waals surface area contributed by atoms with Crippen molar-refractivity contribution < 1.29 is 9.32 Å². The van der Waals surface area contributed by atoms with Crippen LogP contribution in [0.2, 0.25) is 0 Å². The normalized spacial score (nSPS) is 16.0. The Balaban J connectivity index is 1.34. The molecule has 0 aliphatic carbocycles. The average Bonchev–Trinajstić information content (AvgIpc) is 3.63. The van der Waals surface area contributed by atoms with E-state index in [9.17, 15) is 4.79 Å². The van der Waals surface area contributed by atoms with E-state index in [4.69, 9.17) is 4.52 Å². The van der Waals surface area contributed by atoms with Gasteiger partial charge in [0.2, 0.25) is 0 Å². The highest BCUT2D eigenvalue weighted by Crippen LogP contribution is 2.34. The molecule has 1 aliphatic heterocycles. The third-order valence-corrected chi connectivity index (χ3v) is 5.94. The molecule has 1 aliphatic rings. The van der Waals surface area contributed by atoms with Crippen molar-refractivity contribution in [1.82, 2.24) is 40.2 Å². The Hall–Kier alpha value is -4.34. The zero-order chi connectivity index (χ0) is 22.4. The Morgan fingerprint density at radius 3 is 2.88 bits per heavy atom. The maximum absolute atomic E-state index is 13.7. The number of nitrogens with zero attached hydrogens (tertiary/aromatic N) is 7. The molecule has 10 nitrogen and oxygen atoms in total. The number of nitrogens with one attached hydrogen (secondary N) is 1. The lowest BCUT2D eigenvalue weighted by Gasteiger charge is -2.23. The van der Waals surface area contributed by atoms with Crippen molar-refractivity contribution in [2.75, 3.05) is 6.54 Å². The van der Waals surface area contributed by atoms with E-state index in [1.165, 1.54) is 4.80 Å². The molecular weight excluding hydrogens is 420 g/mol. The van der Waals surface area contributed by atoms with Crippen LogP contribution in [0, 0.1) is 6.92 Å².